The summed E-state index contributed by atoms with van der Waals surface area (Å²) < 4.78 is 0. The van der Waals surface area contributed by atoms with E-state index >= 15 is 0 Å². The minimum Gasteiger partial charge on any atom is -0.508 e. The SMILES string of the molecule is Cc1cc(C)c(NC(=O)CN2C(=O)NC(C)(c3ccccc3)C2=O)cc1O. The second-order valence-corrected chi connectivity index (χ2v) is 6.81. The molecule has 140 valence electrons. The summed E-state index contributed by atoms with van der Waals surface area (Å²) in [5, 5.41) is 15.1. The lowest BCUT2D eigenvalue weighted by atomic mass is 9.92. The predicted molar refractivity (Wildman–Crippen MR) is 100 cm³/mol. The van der Waals surface area contributed by atoms with Gasteiger partial charge in [0, 0.05) is 11.8 Å². The molecule has 3 N–H and O–H groups in total. The molecule has 1 unspecified atom stereocenters. The molecule has 2 aromatic carbocycles. The van der Waals surface area contributed by atoms with Crippen molar-refractivity contribution in [1.29, 1.82) is 0 Å². The number of hydrogen-bond acceptors (Lipinski definition) is 4. The zero-order valence-electron chi connectivity index (χ0n) is 15.4. The van der Waals surface area contributed by atoms with Crippen LogP contribution in [0.4, 0.5) is 10.5 Å². The largest absolute Gasteiger partial charge is 0.508 e. The number of amides is 4. The van der Waals surface area contributed by atoms with Crippen molar-refractivity contribution in [3.63, 3.8) is 0 Å². The Morgan fingerprint density at radius 1 is 1.15 bits per heavy atom. The molecule has 0 spiro atoms. The van der Waals surface area contributed by atoms with Crippen LogP contribution in [0, 0.1) is 13.8 Å². The number of rotatable bonds is 4. The van der Waals surface area contributed by atoms with Crippen LogP contribution in [0.1, 0.15) is 23.6 Å². The number of anilines is 1. The van der Waals surface area contributed by atoms with E-state index in [1.165, 1.54) is 6.07 Å². The molecule has 3 rings (SSSR count). The summed E-state index contributed by atoms with van der Waals surface area (Å²) >= 11 is 0. The smallest absolute Gasteiger partial charge is 0.325 e. The first-order valence-corrected chi connectivity index (χ1v) is 8.52. The highest BCUT2D eigenvalue weighted by Gasteiger charge is 2.49. The van der Waals surface area contributed by atoms with E-state index in [2.05, 4.69) is 10.6 Å². The Labute approximate surface area is 157 Å². The molecule has 1 aliphatic heterocycles. The highest BCUT2D eigenvalue weighted by Crippen LogP contribution is 2.29. The third-order valence-electron chi connectivity index (χ3n) is 4.74. The summed E-state index contributed by atoms with van der Waals surface area (Å²) in [5.74, 6) is -0.956. The lowest BCUT2D eigenvalue weighted by Crippen LogP contribution is -2.42. The maximum absolute atomic E-state index is 12.8. The maximum atomic E-state index is 12.8. The van der Waals surface area contributed by atoms with Gasteiger partial charge in [-0.3, -0.25) is 14.5 Å². The molecule has 1 aliphatic rings. The Kier molecular flexibility index (Phi) is 4.61. The van der Waals surface area contributed by atoms with E-state index in [4.69, 9.17) is 0 Å². The van der Waals surface area contributed by atoms with E-state index in [1.54, 1.807) is 51.1 Å². The van der Waals surface area contributed by atoms with Crippen LogP contribution >= 0.6 is 0 Å². The zero-order valence-corrected chi connectivity index (χ0v) is 15.4. The summed E-state index contributed by atoms with van der Waals surface area (Å²) in [6.07, 6.45) is 0. The molecule has 0 radical (unpaired) electrons. The predicted octanol–water partition coefficient (Wildman–Crippen LogP) is 2.41. The van der Waals surface area contributed by atoms with Crippen LogP contribution in [0.25, 0.3) is 0 Å². The van der Waals surface area contributed by atoms with Crippen LogP contribution in [0.5, 0.6) is 5.75 Å². The molecule has 2 aromatic rings. The number of imide groups is 1. The first kappa shape index (κ1) is 18.4. The molecule has 1 saturated heterocycles. The van der Waals surface area contributed by atoms with Gasteiger partial charge >= 0.3 is 6.03 Å². The second-order valence-electron chi connectivity index (χ2n) is 6.81. The van der Waals surface area contributed by atoms with Gasteiger partial charge in [0.2, 0.25) is 5.91 Å². The Balaban J connectivity index is 1.76. The number of aromatic hydroxyl groups is 1. The Morgan fingerprint density at radius 2 is 1.81 bits per heavy atom. The Hall–Kier alpha value is -3.35. The molecule has 0 aliphatic carbocycles. The van der Waals surface area contributed by atoms with E-state index in [0.717, 1.165) is 10.5 Å². The summed E-state index contributed by atoms with van der Waals surface area (Å²) in [7, 11) is 0. The molecule has 27 heavy (non-hydrogen) atoms. The standard InChI is InChI=1S/C20H21N3O4/c1-12-9-13(2)16(24)10-15(12)21-17(25)11-23-18(26)20(3,22-19(23)27)14-7-5-4-6-8-14/h4-10,24H,11H2,1-3H3,(H,21,25)(H,22,27). The Bertz CT molecular complexity index is 926. The minimum absolute atomic E-state index is 0.0579. The number of urea groups is 1. The van der Waals surface area contributed by atoms with Gasteiger partial charge in [-0.1, -0.05) is 36.4 Å². The van der Waals surface area contributed by atoms with Gasteiger partial charge < -0.3 is 15.7 Å². The zero-order chi connectivity index (χ0) is 19.8. The van der Waals surface area contributed by atoms with Crippen molar-refractivity contribution in [3.05, 3.63) is 59.2 Å². The summed E-state index contributed by atoms with van der Waals surface area (Å²) in [6.45, 7) is 4.75. The average molecular weight is 367 g/mol. The van der Waals surface area contributed by atoms with Crippen molar-refractivity contribution in [1.82, 2.24) is 10.2 Å². The normalized spacial score (nSPS) is 19.1. The fourth-order valence-electron chi connectivity index (χ4n) is 3.12. The van der Waals surface area contributed by atoms with E-state index in [9.17, 15) is 19.5 Å². The summed E-state index contributed by atoms with van der Waals surface area (Å²) in [4.78, 5) is 38.4. The number of carbonyl (C=O) groups excluding carboxylic acids is 3. The van der Waals surface area contributed by atoms with Gasteiger partial charge in [0.25, 0.3) is 5.91 Å². The first-order chi connectivity index (χ1) is 12.7. The van der Waals surface area contributed by atoms with Gasteiger partial charge in [-0.05, 0) is 37.5 Å². The monoisotopic (exact) mass is 367 g/mol. The minimum atomic E-state index is -1.21. The van der Waals surface area contributed by atoms with Gasteiger partial charge in [-0.15, -0.1) is 0 Å². The number of carbonyl (C=O) groups is 3. The topological polar surface area (TPSA) is 98.7 Å². The number of nitrogens with zero attached hydrogens (tertiary/aromatic N) is 1. The fourth-order valence-corrected chi connectivity index (χ4v) is 3.12. The van der Waals surface area contributed by atoms with Crippen molar-refractivity contribution >= 4 is 23.5 Å². The number of benzene rings is 2. The van der Waals surface area contributed by atoms with E-state index in [-0.39, 0.29) is 5.75 Å². The van der Waals surface area contributed by atoms with Crippen molar-refractivity contribution in [3.8, 4) is 5.75 Å². The van der Waals surface area contributed by atoms with Crippen LogP contribution in [0.2, 0.25) is 0 Å². The lowest BCUT2D eigenvalue weighted by molar-refractivity contribution is -0.133. The number of aryl methyl sites for hydroxylation is 2. The molecule has 7 heteroatoms. The first-order valence-electron chi connectivity index (χ1n) is 8.52. The van der Waals surface area contributed by atoms with Crippen molar-refractivity contribution in [2.45, 2.75) is 26.3 Å². The van der Waals surface area contributed by atoms with E-state index < -0.39 is 29.9 Å². The molecular weight excluding hydrogens is 346 g/mol. The van der Waals surface area contributed by atoms with Crippen LogP contribution < -0.4 is 10.6 Å². The lowest BCUT2D eigenvalue weighted by Gasteiger charge is -2.22. The van der Waals surface area contributed by atoms with E-state index in [0.29, 0.717) is 16.8 Å². The van der Waals surface area contributed by atoms with Gasteiger partial charge in [-0.2, -0.15) is 0 Å². The van der Waals surface area contributed by atoms with Crippen LogP contribution in [0.15, 0.2) is 42.5 Å². The van der Waals surface area contributed by atoms with Crippen LogP contribution in [0.3, 0.4) is 0 Å². The number of phenols is 1. The molecule has 1 heterocycles. The molecule has 4 amide bonds. The van der Waals surface area contributed by atoms with Crippen LogP contribution in [-0.4, -0.2) is 34.4 Å². The van der Waals surface area contributed by atoms with E-state index in [1.807, 2.05) is 6.07 Å². The third-order valence-corrected chi connectivity index (χ3v) is 4.74. The fraction of sp³-hybridized carbons (Fsp3) is 0.250. The molecule has 7 nitrogen and oxygen atoms in total. The molecule has 0 aromatic heterocycles. The summed E-state index contributed by atoms with van der Waals surface area (Å²) in [5.41, 5.74) is 1.33. The molecule has 1 fully saturated rings. The highest BCUT2D eigenvalue weighted by atomic mass is 16.3. The van der Waals surface area contributed by atoms with Gasteiger partial charge in [-0.25, -0.2) is 4.79 Å². The quantitative estimate of drug-likeness (QED) is 0.723. The number of hydrogen-bond donors (Lipinski definition) is 3. The molecule has 1 atom stereocenters. The second kappa shape index (κ2) is 6.75. The molecule has 0 saturated carbocycles. The van der Waals surface area contributed by atoms with Crippen molar-refractivity contribution < 1.29 is 19.5 Å². The van der Waals surface area contributed by atoms with Crippen LogP contribution in [-0.2, 0) is 15.1 Å². The van der Waals surface area contributed by atoms with Crippen molar-refractivity contribution in [2.75, 3.05) is 11.9 Å². The van der Waals surface area contributed by atoms with Gasteiger partial charge in [0.15, 0.2) is 0 Å². The Morgan fingerprint density at radius 3 is 2.48 bits per heavy atom. The number of nitrogens with one attached hydrogen (secondary N) is 2. The number of phenolic OH excluding ortho intramolecular Hbond substituents is 1. The van der Waals surface area contributed by atoms with Gasteiger partial charge in [0.1, 0.15) is 17.8 Å². The van der Waals surface area contributed by atoms with Crippen molar-refractivity contribution in [2.24, 2.45) is 0 Å². The maximum Gasteiger partial charge on any atom is 0.325 e. The highest BCUT2D eigenvalue weighted by molar-refractivity contribution is 6.10. The molecule has 0 bridgehead atoms. The molecular formula is C20H21N3O4. The van der Waals surface area contributed by atoms with Gasteiger partial charge in [0.05, 0.1) is 0 Å². The average Bonchev–Trinajstić information content (AvgIpc) is 2.84. The third kappa shape index (κ3) is 3.36. The summed E-state index contributed by atoms with van der Waals surface area (Å²) in [6, 6.07) is 11.4.